The Morgan fingerprint density at radius 3 is 2.41 bits per heavy atom. The number of hydrogen-bond donors (Lipinski definition) is 4. The van der Waals surface area contributed by atoms with Crippen LogP contribution < -0.4 is 15.4 Å². The van der Waals surface area contributed by atoms with Crippen molar-refractivity contribution >= 4 is 21.9 Å². The van der Waals surface area contributed by atoms with Crippen LogP contribution in [0.5, 0.6) is 0 Å². The number of carboxylic acid groups (broad SMARTS) is 1. The van der Waals surface area contributed by atoms with E-state index in [-0.39, 0.29) is 11.4 Å². The van der Waals surface area contributed by atoms with Gasteiger partial charge in [-0.1, -0.05) is 36.8 Å². The molecule has 0 aliphatic carbocycles. The molecule has 8 nitrogen and oxygen atoms in total. The molecule has 0 aromatic heterocycles. The SMILES string of the molecule is O=C(NC[C@H](NS(=O)(=O)c1ccccc1)C(=O)O)c1ccc(CCC2CCCCN2)cc1. The molecule has 1 aliphatic heterocycles. The van der Waals surface area contributed by atoms with Crippen molar-refractivity contribution in [1.29, 1.82) is 0 Å². The van der Waals surface area contributed by atoms with Gasteiger partial charge in [0.15, 0.2) is 0 Å². The second-order valence-corrected chi connectivity index (χ2v) is 9.63. The maximum absolute atomic E-state index is 12.4. The van der Waals surface area contributed by atoms with Gasteiger partial charge in [0.05, 0.1) is 4.90 Å². The zero-order valence-corrected chi connectivity index (χ0v) is 18.6. The summed E-state index contributed by atoms with van der Waals surface area (Å²) >= 11 is 0. The fourth-order valence-electron chi connectivity index (χ4n) is 3.67. The van der Waals surface area contributed by atoms with Gasteiger partial charge in [-0.05, 0) is 62.1 Å². The van der Waals surface area contributed by atoms with Crippen molar-refractivity contribution in [2.24, 2.45) is 0 Å². The van der Waals surface area contributed by atoms with E-state index in [4.69, 9.17) is 0 Å². The lowest BCUT2D eigenvalue weighted by molar-refractivity contribution is -0.138. The fraction of sp³-hybridized carbons (Fsp3) is 0.391. The third kappa shape index (κ3) is 6.88. The molecule has 2 aromatic carbocycles. The molecule has 2 atom stereocenters. The van der Waals surface area contributed by atoms with E-state index in [1.54, 1.807) is 30.3 Å². The Kier molecular flexibility index (Phi) is 8.38. The summed E-state index contributed by atoms with van der Waals surface area (Å²) < 4.78 is 26.9. The van der Waals surface area contributed by atoms with Crippen molar-refractivity contribution in [3.05, 3.63) is 65.7 Å². The Bertz CT molecular complexity index is 1000. The lowest BCUT2D eigenvalue weighted by atomic mass is 9.97. The van der Waals surface area contributed by atoms with Crippen molar-refractivity contribution in [3.63, 3.8) is 0 Å². The minimum atomic E-state index is -4.03. The molecule has 1 saturated heterocycles. The molecule has 32 heavy (non-hydrogen) atoms. The Balaban J connectivity index is 1.53. The number of carbonyl (C=O) groups is 2. The predicted molar refractivity (Wildman–Crippen MR) is 121 cm³/mol. The molecule has 0 radical (unpaired) electrons. The minimum absolute atomic E-state index is 0.0448. The molecule has 1 amide bonds. The zero-order chi connectivity index (χ0) is 23.0. The normalized spacial score (nSPS) is 17.4. The summed E-state index contributed by atoms with van der Waals surface area (Å²) in [7, 11) is -4.03. The van der Waals surface area contributed by atoms with E-state index in [0.717, 1.165) is 24.9 Å². The maximum atomic E-state index is 12.4. The molecular formula is C23H29N3O5S. The monoisotopic (exact) mass is 459 g/mol. The molecule has 0 spiro atoms. The molecular weight excluding hydrogens is 430 g/mol. The molecule has 9 heteroatoms. The highest BCUT2D eigenvalue weighted by atomic mass is 32.2. The highest BCUT2D eigenvalue weighted by Gasteiger charge is 2.26. The summed E-state index contributed by atoms with van der Waals surface area (Å²) in [5, 5.41) is 15.4. The van der Waals surface area contributed by atoms with Crippen molar-refractivity contribution in [3.8, 4) is 0 Å². The van der Waals surface area contributed by atoms with Crippen LogP contribution in [-0.2, 0) is 21.2 Å². The fourth-order valence-corrected chi connectivity index (χ4v) is 4.88. The van der Waals surface area contributed by atoms with Gasteiger partial charge in [0.2, 0.25) is 10.0 Å². The van der Waals surface area contributed by atoms with Crippen LogP contribution in [0, 0.1) is 0 Å². The Labute approximate surface area is 188 Å². The van der Waals surface area contributed by atoms with Crippen LogP contribution in [0.1, 0.15) is 41.6 Å². The lowest BCUT2D eigenvalue weighted by Gasteiger charge is -2.23. The number of carboxylic acids is 1. The largest absolute Gasteiger partial charge is 0.480 e. The van der Waals surface area contributed by atoms with Crippen molar-refractivity contribution < 1.29 is 23.1 Å². The quantitative estimate of drug-likeness (QED) is 0.430. The first-order chi connectivity index (χ1) is 15.3. The number of aliphatic carboxylic acids is 1. The number of carbonyl (C=O) groups excluding carboxylic acids is 1. The molecule has 2 aromatic rings. The Morgan fingerprint density at radius 2 is 1.78 bits per heavy atom. The van der Waals surface area contributed by atoms with E-state index in [2.05, 4.69) is 15.4 Å². The van der Waals surface area contributed by atoms with Crippen LogP contribution >= 0.6 is 0 Å². The number of aryl methyl sites for hydroxylation is 1. The van der Waals surface area contributed by atoms with Gasteiger partial charge in [-0.25, -0.2) is 8.42 Å². The van der Waals surface area contributed by atoms with Gasteiger partial charge < -0.3 is 15.7 Å². The molecule has 172 valence electrons. The number of nitrogens with one attached hydrogen (secondary N) is 3. The zero-order valence-electron chi connectivity index (χ0n) is 17.8. The molecule has 4 N–H and O–H groups in total. The first kappa shape index (κ1) is 23.9. The molecule has 0 bridgehead atoms. The molecule has 1 fully saturated rings. The van der Waals surface area contributed by atoms with E-state index in [0.29, 0.717) is 11.6 Å². The maximum Gasteiger partial charge on any atom is 0.323 e. The molecule has 1 aliphatic rings. The summed E-state index contributed by atoms with van der Waals surface area (Å²) in [4.78, 5) is 23.9. The first-order valence-electron chi connectivity index (χ1n) is 10.8. The van der Waals surface area contributed by atoms with E-state index in [1.165, 1.54) is 31.4 Å². The van der Waals surface area contributed by atoms with Crippen LogP contribution in [0.15, 0.2) is 59.5 Å². The van der Waals surface area contributed by atoms with Crippen LogP contribution in [0.25, 0.3) is 0 Å². The van der Waals surface area contributed by atoms with E-state index in [9.17, 15) is 23.1 Å². The van der Waals surface area contributed by atoms with Crippen LogP contribution in [0.4, 0.5) is 0 Å². The third-order valence-corrected chi connectivity index (χ3v) is 7.01. The summed E-state index contributed by atoms with van der Waals surface area (Å²) in [6.45, 7) is 0.692. The van der Waals surface area contributed by atoms with Gasteiger partial charge >= 0.3 is 5.97 Å². The summed E-state index contributed by atoms with van der Waals surface area (Å²) in [6.07, 6.45) is 5.65. The summed E-state index contributed by atoms with van der Waals surface area (Å²) in [5.74, 6) is -1.84. The van der Waals surface area contributed by atoms with Crippen molar-refractivity contribution in [2.45, 2.75) is 49.1 Å². The van der Waals surface area contributed by atoms with Crippen LogP contribution in [0.3, 0.4) is 0 Å². The first-order valence-corrected chi connectivity index (χ1v) is 12.2. The number of piperidine rings is 1. The second-order valence-electron chi connectivity index (χ2n) is 7.92. The third-order valence-electron chi connectivity index (χ3n) is 5.53. The predicted octanol–water partition coefficient (Wildman–Crippen LogP) is 1.92. The van der Waals surface area contributed by atoms with Crippen molar-refractivity contribution in [1.82, 2.24) is 15.4 Å². The Morgan fingerprint density at radius 1 is 1.06 bits per heavy atom. The smallest absolute Gasteiger partial charge is 0.323 e. The molecule has 1 heterocycles. The van der Waals surface area contributed by atoms with Gasteiger partial charge in [-0.3, -0.25) is 9.59 Å². The highest BCUT2D eigenvalue weighted by molar-refractivity contribution is 7.89. The van der Waals surface area contributed by atoms with Gasteiger partial charge in [-0.2, -0.15) is 4.72 Å². The van der Waals surface area contributed by atoms with E-state index >= 15 is 0 Å². The summed E-state index contributed by atoms with van der Waals surface area (Å²) in [5.41, 5.74) is 1.52. The van der Waals surface area contributed by atoms with Gasteiger partial charge in [0.1, 0.15) is 6.04 Å². The van der Waals surface area contributed by atoms with E-state index in [1.807, 2.05) is 12.1 Å². The van der Waals surface area contributed by atoms with Crippen molar-refractivity contribution in [2.75, 3.05) is 13.1 Å². The molecule has 0 saturated carbocycles. The number of rotatable bonds is 10. The highest BCUT2D eigenvalue weighted by Crippen LogP contribution is 2.14. The second kappa shape index (κ2) is 11.2. The van der Waals surface area contributed by atoms with Gasteiger partial charge in [-0.15, -0.1) is 0 Å². The minimum Gasteiger partial charge on any atom is -0.480 e. The molecule has 3 rings (SSSR count). The van der Waals surface area contributed by atoms with Gasteiger partial charge in [0, 0.05) is 18.2 Å². The Hall–Kier alpha value is -2.75. The molecule has 1 unspecified atom stereocenters. The average molecular weight is 460 g/mol. The number of hydrogen-bond acceptors (Lipinski definition) is 5. The lowest BCUT2D eigenvalue weighted by Crippen LogP contribution is -2.48. The number of amides is 1. The summed E-state index contributed by atoms with van der Waals surface area (Å²) in [6, 6.07) is 13.7. The van der Waals surface area contributed by atoms with Gasteiger partial charge in [0.25, 0.3) is 5.91 Å². The van der Waals surface area contributed by atoms with Crippen LogP contribution in [-0.4, -0.2) is 50.6 Å². The number of sulfonamides is 1. The topological polar surface area (TPSA) is 125 Å². The number of benzene rings is 2. The standard InChI is InChI=1S/C23H29N3O5S/c27-22(18-12-9-17(10-13-18)11-14-19-6-4-5-15-24-19)25-16-21(23(28)29)26-32(30,31)20-7-2-1-3-8-20/h1-3,7-10,12-13,19,21,24,26H,4-6,11,14-16H2,(H,25,27)(H,28,29)/t19?,21-/m0/s1. The van der Waals surface area contributed by atoms with Crippen LogP contribution in [0.2, 0.25) is 0 Å². The van der Waals surface area contributed by atoms with E-state index < -0.39 is 27.9 Å². The average Bonchev–Trinajstić information content (AvgIpc) is 2.81.